The molecule has 0 saturated carbocycles. The van der Waals surface area contributed by atoms with Gasteiger partial charge in [-0.15, -0.1) is 0 Å². The lowest BCUT2D eigenvalue weighted by atomic mass is 10.1. The normalized spacial score (nSPS) is 10.5. The van der Waals surface area contributed by atoms with Gasteiger partial charge in [0.05, 0.1) is 14.2 Å². The first-order valence-electron chi connectivity index (χ1n) is 8.07. The molecule has 0 fully saturated rings. The van der Waals surface area contributed by atoms with E-state index in [-0.39, 0.29) is 11.7 Å². The van der Waals surface area contributed by atoms with Gasteiger partial charge in [0.1, 0.15) is 5.69 Å². The van der Waals surface area contributed by atoms with Crippen molar-refractivity contribution in [2.75, 3.05) is 26.2 Å². The summed E-state index contributed by atoms with van der Waals surface area (Å²) in [6, 6.07) is 14.8. The summed E-state index contributed by atoms with van der Waals surface area (Å²) in [4.78, 5) is 14.2. The lowest BCUT2D eigenvalue weighted by Gasteiger charge is -2.17. The fourth-order valence-corrected chi connectivity index (χ4v) is 2.55. The van der Waals surface area contributed by atoms with Crippen LogP contribution in [-0.4, -0.2) is 32.3 Å². The molecule has 0 N–H and O–H groups in total. The maximum atomic E-state index is 12.7. The van der Waals surface area contributed by atoms with E-state index in [1.165, 1.54) is 4.90 Å². The zero-order valence-corrected chi connectivity index (χ0v) is 15.1. The van der Waals surface area contributed by atoms with E-state index in [0.717, 1.165) is 11.1 Å². The van der Waals surface area contributed by atoms with Gasteiger partial charge < -0.3 is 18.9 Å². The minimum atomic E-state index is -0.303. The molecule has 3 aromatic rings. The predicted molar refractivity (Wildman–Crippen MR) is 99.0 cm³/mol. The molecular weight excluding hydrogens is 332 g/mol. The number of methoxy groups -OCH3 is 2. The fourth-order valence-electron chi connectivity index (χ4n) is 2.55. The highest BCUT2D eigenvalue weighted by Crippen LogP contribution is 2.31. The van der Waals surface area contributed by atoms with Crippen molar-refractivity contribution in [2.45, 2.75) is 6.92 Å². The molecule has 0 radical (unpaired) electrons. The average Bonchev–Trinajstić information content (AvgIpc) is 3.17. The molecule has 134 valence electrons. The van der Waals surface area contributed by atoms with Gasteiger partial charge in [0.25, 0.3) is 5.91 Å². The van der Waals surface area contributed by atoms with E-state index >= 15 is 0 Å². The topological polar surface area (TPSA) is 64.8 Å². The third-order valence-corrected chi connectivity index (χ3v) is 4.13. The number of hydrogen-bond acceptors (Lipinski definition) is 5. The lowest BCUT2D eigenvalue weighted by Crippen LogP contribution is -2.25. The molecule has 1 amide bonds. The van der Waals surface area contributed by atoms with Crippen LogP contribution in [0.5, 0.6) is 11.5 Å². The minimum Gasteiger partial charge on any atom is -0.493 e. The Kier molecular flexibility index (Phi) is 4.93. The molecular formula is C20H20N2O4. The van der Waals surface area contributed by atoms with Crippen LogP contribution in [0, 0.1) is 6.92 Å². The van der Waals surface area contributed by atoms with Crippen LogP contribution in [0.15, 0.2) is 53.1 Å². The number of aromatic nitrogens is 1. The van der Waals surface area contributed by atoms with Crippen molar-refractivity contribution in [3.63, 3.8) is 0 Å². The number of nitrogens with zero attached hydrogens (tertiary/aromatic N) is 2. The van der Waals surface area contributed by atoms with Crippen molar-refractivity contribution in [1.82, 2.24) is 5.16 Å². The zero-order chi connectivity index (χ0) is 18.7. The first kappa shape index (κ1) is 17.5. The Balaban J connectivity index is 1.84. The van der Waals surface area contributed by atoms with Crippen LogP contribution in [0.25, 0.3) is 11.3 Å². The van der Waals surface area contributed by atoms with E-state index in [9.17, 15) is 4.79 Å². The molecule has 26 heavy (non-hydrogen) atoms. The standard InChI is InChI=1S/C20H20N2O4/c1-13-5-7-14(8-6-13)16-12-19(26-21-16)20(23)22(2)15-9-10-17(24-3)18(11-15)25-4/h5-12H,1-4H3. The molecule has 0 spiro atoms. The second kappa shape index (κ2) is 7.31. The number of ether oxygens (including phenoxy) is 2. The zero-order valence-electron chi connectivity index (χ0n) is 15.1. The maximum Gasteiger partial charge on any atom is 0.296 e. The number of benzene rings is 2. The molecule has 0 saturated heterocycles. The van der Waals surface area contributed by atoms with Crippen molar-refractivity contribution in [2.24, 2.45) is 0 Å². The Morgan fingerprint density at radius 2 is 1.69 bits per heavy atom. The first-order chi connectivity index (χ1) is 12.5. The largest absolute Gasteiger partial charge is 0.493 e. The van der Waals surface area contributed by atoms with Crippen molar-refractivity contribution in [3.8, 4) is 22.8 Å². The Labute approximate surface area is 151 Å². The van der Waals surface area contributed by atoms with Crippen molar-refractivity contribution in [3.05, 3.63) is 59.9 Å². The van der Waals surface area contributed by atoms with Crippen LogP contribution in [-0.2, 0) is 0 Å². The van der Waals surface area contributed by atoms with E-state index in [0.29, 0.717) is 22.9 Å². The summed E-state index contributed by atoms with van der Waals surface area (Å²) in [5.41, 5.74) is 3.32. The van der Waals surface area contributed by atoms with E-state index < -0.39 is 0 Å². The molecule has 0 atom stereocenters. The van der Waals surface area contributed by atoms with Crippen LogP contribution in [0.2, 0.25) is 0 Å². The summed E-state index contributed by atoms with van der Waals surface area (Å²) in [6.07, 6.45) is 0. The molecule has 0 aliphatic rings. The molecule has 0 unspecified atom stereocenters. The highest BCUT2D eigenvalue weighted by atomic mass is 16.5. The summed E-state index contributed by atoms with van der Waals surface area (Å²) in [6.45, 7) is 2.01. The number of carbonyl (C=O) groups excluding carboxylic acids is 1. The molecule has 0 bridgehead atoms. The quantitative estimate of drug-likeness (QED) is 0.696. The number of rotatable bonds is 5. The van der Waals surface area contributed by atoms with E-state index in [1.54, 1.807) is 45.5 Å². The SMILES string of the molecule is COc1ccc(N(C)C(=O)c2cc(-c3ccc(C)cc3)no2)cc1OC. The lowest BCUT2D eigenvalue weighted by molar-refractivity contribution is 0.0957. The van der Waals surface area contributed by atoms with Gasteiger partial charge in [-0.1, -0.05) is 35.0 Å². The van der Waals surface area contributed by atoms with Gasteiger partial charge in [-0.3, -0.25) is 4.79 Å². The van der Waals surface area contributed by atoms with Crippen LogP contribution >= 0.6 is 0 Å². The van der Waals surface area contributed by atoms with Gasteiger partial charge in [0, 0.05) is 30.4 Å². The van der Waals surface area contributed by atoms with Crippen LogP contribution in [0.3, 0.4) is 0 Å². The second-order valence-corrected chi connectivity index (χ2v) is 5.85. The number of carbonyl (C=O) groups is 1. The van der Waals surface area contributed by atoms with Gasteiger partial charge >= 0.3 is 0 Å². The molecule has 2 aromatic carbocycles. The second-order valence-electron chi connectivity index (χ2n) is 5.85. The summed E-state index contributed by atoms with van der Waals surface area (Å²) in [5.74, 6) is 1.00. The monoisotopic (exact) mass is 352 g/mol. The Hall–Kier alpha value is -3.28. The maximum absolute atomic E-state index is 12.7. The predicted octanol–water partition coefficient (Wildman–Crippen LogP) is 3.94. The molecule has 1 aromatic heterocycles. The van der Waals surface area contributed by atoms with Crippen LogP contribution in [0.1, 0.15) is 16.1 Å². The molecule has 6 nitrogen and oxygen atoms in total. The fraction of sp³-hybridized carbons (Fsp3) is 0.200. The molecule has 0 aliphatic carbocycles. The highest BCUT2D eigenvalue weighted by molar-refractivity contribution is 6.04. The number of amides is 1. The Morgan fingerprint density at radius 3 is 2.35 bits per heavy atom. The first-order valence-corrected chi connectivity index (χ1v) is 8.07. The number of hydrogen-bond donors (Lipinski definition) is 0. The molecule has 3 rings (SSSR count). The molecule has 6 heteroatoms. The van der Waals surface area contributed by atoms with E-state index in [4.69, 9.17) is 14.0 Å². The highest BCUT2D eigenvalue weighted by Gasteiger charge is 2.20. The van der Waals surface area contributed by atoms with Gasteiger partial charge in [-0.25, -0.2) is 0 Å². The number of aryl methyl sites for hydroxylation is 1. The Bertz CT molecular complexity index is 916. The summed E-state index contributed by atoms with van der Waals surface area (Å²) in [5, 5.41) is 4.01. The third-order valence-electron chi connectivity index (χ3n) is 4.13. The Morgan fingerprint density at radius 1 is 1.00 bits per heavy atom. The summed E-state index contributed by atoms with van der Waals surface area (Å²) >= 11 is 0. The van der Waals surface area contributed by atoms with Crippen molar-refractivity contribution < 1.29 is 18.8 Å². The van der Waals surface area contributed by atoms with E-state index in [2.05, 4.69) is 5.16 Å². The smallest absolute Gasteiger partial charge is 0.296 e. The summed E-state index contributed by atoms with van der Waals surface area (Å²) < 4.78 is 15.8. The van der Waals surface area contributed by atoms with Crippen molar-refractivity contribution in [1.29, 1.82) is 0 Å². The van der Waals surface area contributed by atoms with E-state index in [1.807, 2.05) is 31.2 Å². The van der Waals surface area contributed by atoms with Gasteiger partial charge in [0.15, 0.2) is 11.5 Å². The molecule has 1 heterocycles. The van der Waals surface area contributed by atoms with Crippen molar-refractivity contribution >= 4 is 11.6 Å². The van der Waals surface area contributed by atoms with Crippen LogP contribution < -0.4 is 14.4 Å². The molecule has 0 aliphatic heterocycles. The minimum absolute atomic E-state index is 0.165. The average molecular weight is 352 g/mol. The summed E-state index contributed by atoms with van der Waals surface area (Å²) in [7, 11) is 4.78. The number of anilines is 1. The van der Waals surface area contributed by atoms with Gasteiger partial charge in [-0.05, 0) is 19.1 Å². The van der Waals surface area contributed by atoms with Gasteiger partial charge in [-0.2, -0.15) is 0 Å². The van der Waals surface area contributed by atoms with Gasteiger partial charge in [0.2, 0.25) is 5.76 Å². The third kappa shape index (κ3) is 3.39. The van der Waals surface area contributed by atoms with Crippen LogP contribution in [0.4, 0.5) is 5.69 Å².